The van der Waals surface area contributed by atoms with Gasteiger partial charge in [-0.3, -0.25) is 4.79 Å². The lowest BCUT2D eigenvalue weighted by molar-refractivity contribution is -0.141. The van der Waals surface area contributed by atoms with Crippen molar-refractivity contribution in [3.05, 3.63) is 12.4 Å². The maximum Gasteiger partial charge on any atom is 0.308 e. The van der Waals surface area contributed by atoms with Gasteiger partial charge in [0.1, 0.15) is 18.0 Å². The van der Waals surface area contributed by atoms with E-state index in [2.05, 4.69) is 33.6 Å². The number of carboxylic acid groups (broad SMARTS) is 1. The molecular formula is C14H22N4O2. The lowest BCUT2D eigenvalue weighted by Crippen LogP contribution is -2.39. The van der Waals surface area contributed by atoms with Gasteiger partial charge >= 0.3 is 5.97 Å². The molecule has 1 aromatic rings. The third-order valence-electron chi connectivity index (χ3n) is 3.82. The van der Waals surface area contributed by atoms with E-state index in [1.807, 2.05) is 6.07 Å². The fourth-order valence-corrected chi connectivity index (χ4v) is 2.62. The highest BCUT2D eigenvalue weighted by Gasteiger charge is 2.26. The van der Waals surface area contributed by atoms with Gasteiger partial charge in [-0.1, -0.05) is 0 Å². The van der Waals surface area contributed by atoms with Crippen molar-refractivity contribution < 1.29 is 9.90 Å². The number of aromatic nitrogens is 2. The number of anilines is 2. The summed E-state index contributed by atoms with van der Waals surface area (Å²) in [6.45, 7) is 7.36. The Balaban J connectivity index is 2.16. The molecule has 0 bridgehead atoms. The zero-order valence-electron chi connectivity index (χ0n) is 12.1. The minimum Gasteiger partial charge on any atom is -0.481 e. The summed E-state index contributed by atoms with van der Waals surface area (Å²) in [6.07, 6.45) is 3.20. The molecule has 1 saturated heterocycles. The molecule has 2 heterocycles. The minimum atomic E-state index is -0.715. The van der Waals surface area contributed by atoms with Crippen LogP contribution in [0.1, 0.15) is 26.7 Å². The Bertz CT molecular complexity index is 462. The Hall–Kier alpha value is -1.85. The van der Waals surface area contributed by atoms with Gasteiger partial charge in [0.15, 0.2) is 0 Å². The van der Waals surface area contributed by atoms with Crippen molar-refractivity contribution in [3.63, 3.8) is 0 Å². The number of carboxylic acids is 1. The fraction of sp³-hybridized carbons (Fsp3) is 0.643. The van der Waals surface area contributed by atoms with Crippen molar-refractivity contribution in [1.29, 1.82) is 0 Å². The summed E-state index contributed by atoms with van der Waals surface area (Å²) in [6, 6.07) is 1.96. The van der Waals surface area contributed by atoms with E-state index in [1.165, 1.54) is 0 Å². The number of piperidine rings is 1. The minimum absolute atomic E-state index is 0.296. The molecule has 20 heavy (non-hydrogen) atoms. The summed E-state index contributed by atoms with van der Waals surface area (Å²) in [5.41, 5.74) is 0. The van der Waals surface area contributed by atoms with E-state index in [-0.39, 0.29) is 5.92 Å². The Morgan fingerprint density at radius 1 is 1.45 bits per heavy atom. The third-order valence-corrected chi connectivity index (χ3v) is 3.82. The largest absolute Gasteiger partial charge is 0.481 e. The topological polar surface area (TPSA) is 69.6 Å². The lowest BCUT2D eigenvalue weighted by Gasteiger charge is -2.32. The first-order chi connectivity index (χ1) is 9.65. The Morgan fingerprint density at radius 2 is 2.20 bits per heavy atom. The maximum absolute atomic E-state index is 11.1. The number of hydrogen-bond acceptors (Lipinski definition) is 5. The first-order valence-electron chi connectivity index (χ1n) is 7.20. The van der Waals surface area contributed by atoms with Crippen molar-refractivity contribution in [2.45, 2.75) is 26.7 Å². The highest BCUT2D eigenvalue weighted by Crippen LogP contribution is 2.23. The quantitative estimate of drug-likeness (QED) is 0.882. The highest BCUT2D eigenvalue weighted by molar-refractivity contribution is 5.71. The number of aliphatic carboxylic acids is 1. The molecule has 1 atom stereocenters. The van der Waals surface area contributed by atoms with Crippen molar-refractivity contribution >= 4 is 17.6 Å². The van der Waals surface area contributed by atoms with Crippen LogP contribution in [-0.2, 0) is 4.79 Å². The van der Waals surface area contributed by atoms with Gasteiger partial charge in [-0.25, -0.2) is 9.97 Å². The third kappa shape index (κ3) is 3.18. The Kier molecular flexibility index (Phi) is 4.76. The van der Waals surface area contributed by atoms with Gasteiger partial charge in [0, 0.05) is 32.2 Å². The average Bonchev–Trinajstić information content (AvgIpc) is 2.49. The van der Waals surface area contributed by atoms with Crippen LogP contribution in [0.15, 0.2) is 12.4 Å². The molecule has 6 nitrogen and oxygen atoms in total. The van der Waals surface area contributed by atoms with Crippen LogP contribution < -0.4 is 9.80 Å². The highest BCUT2D eigenvalue weighted by atomic mass is 16.4. The molecule has 1 N–H and O–H groups in total. The van der Waals surface area contributed by atoms with Gasteiger partial charge < -0.3 is 14.9 Å². The number of nitrogens with zero attached hydrogens (tertiary/aromatic N) is 4. The molecule has 0 spiro atoms. The first kappa shape index (κ1) is 14.6. The van der Waals surface area contributed by atoms with E-state index < -0.39 is 5.97 Å². The second kappa shape index (κ2) is 6.54. The van der Waals surface area contributed by atoms with E-state index in [0.717, 1.165) is 44.1 Å². The summed E-state index contributed by atoms with van der Waals surface area (Å²) in [7, 11) is 0. The molecule has 0 saturated carbocycles. The van der Waals surface area contributed by atoms with E-state index in [1.54, 1.807) is 6.33 Å². The van der Waals surface area contributed by atoms with E-state index >= 15 is 0 Å². The zero-order chi connectivity index (χ0) is 14.5. The van der Waals surface area contributed by atoms with Gasteiger partial charge in [-0.2, -0.15) is 0 Å². The summed E-state index contributed by atoms with van der Waals surface area (Å²) in [4.78, 5) is 23.9. The molecule has 1 aliphatic heterocycles. The van der Waals surface area contributed by atoms with Gasteiger partial charge in [0.05, 0.1) is 5.92 Å². The predicted octanol–water partition coefficient (Wildman–Crippen LogP) is 1.62. The predicted molar refractivity (Wildman–Crippen MR) is 78.2 cm³/mol. The molecule has 1 fully saturated rings. The first-order valence-corrected chi connectivity index (χ1v) is 7.20. The molecule has 0 amide bonds. The van der Waals surface area contributed by atoms with E-state index in [4.69, 9.17) is 5.11 Å². The van der Waals surface area contributed by atoms with Crippen LogP contribution in [0.3, 0.4) is 0 Å². The standard InChI is InChI=1S/C14H22N4O2/c1-3-17(4-2)12-8-13(16-10-15-12)18-7-5-6-11(9-18)14(19)20/h8,10-11H,3-7,9H2,1-2H3,(H,19,20)/t11-/m0/s1. The van der Waals surface area contributed by atoms with Crippen LogP contribution >= 0.6 is 0 Å². The van der Waals surface area contributed by atoms with Crippen molar-refractivity contribution in [3.8, 4) is 0 Å². The average molecular weight is 278 g/mol. The van der Waals surface area contributed by atoms with Crippen LogP contribution in [-0.4, -0.2) is 47.2 Å². The van der Waals surface area contributed by atoms with Gasteiger partial charge in [-0.05, 0) is 26.7 Å². The summed E-state index contributed by atoms with van der Waals surface area (Å²) in [5, 5.41) is 9.15. The monoisotopic (exact) mass is 278 g/mol. The maximum atomic E-state index is 11.1. The molecular weight excluding hydrogens is 256 g/mol. The van der Waals surface area contributed by atoms with E-state index in [0.29, 0.717) is 6.54 Å². The van der Waals surface area contributed by atoms with Gasteiger partial charge in [-0.15, -0.1) is 0 Å². The van der Waals surface area contributed by atoms with Gasteiger partial charge in [0.2, 0.25) is 0 Å². The number of carbonyl (C=O) groups is 1. The second-order valence-corrected chi connectivity index (χ2v) is 5.03. The van der Waals surface area contributed by atoms with Crippen molar-refractivity contribution in [2.75, 3.05) is 36.0 Å². The second-order valence-electron chi connectivity index (χ2n) is 5.03. The molecule has 2 rings (SSSR count). The molecule has 6 heteroatoms. The van der Waals surface area contributed by atoms with Crippen LogP contribution in [0, 0.1) is 5.92 Å². The van der Waals surface area contributed by atoms with Gasteiger partial charge in [0.25, 0.3) is 0 Å². The van der Waals surface area contributed by atoms with Crippen molar-refractivity contribution in [1.82, 2.24) is 9.97 Å². The van der Waals surface area contributed by atoms with Crippen LogP contribution in [0.2, 0.25) is 0 Å². The van der Waals surface area contributed by atoms with Crippen LogP contribution in [0.4, 0.5) is 11.6 Å². The Morgan fingerprint density at radius 3 is 2.85 bits per heavy atom. The summed E-state index contributed by atoms with van der Waals surface area (Å²) in [5.74, 6) is 0.716. The van der Waals surface area contributed by atoms with E-state index in [9.17, 15) is 4.79 Å². The summed E-state index contributed by atoms with van der Waals surface area (Å²) >= 11 is 0. The molecule has 0 aromatic carbocycles. The summed E-state index contributed by atoms with van der Waals surface area (Å²) < 4.78 is 0. The number of rotatable bonds is 5. The molecule has 0 aliphatic carbocycles. The normalized spacial score (nSPS) is 18.9. The molecule has 110 valence electrons. The molecule has 0 unspecified atom stereocenters. The van der Waals surface area contributed by atoms with Crippen molar-refractivity contribution in [2.24, 2.45) is 5.92 Å². The fourth-order valence-electron chi connectivity index (χ4n) is 2.62. The Labute approximate surface area is 119 Å². The molecule has 1 aromatic heterocycles. The smallest absolute Gasteiger partial charge is 0.308 e. The van der Waals surface area contributed by atoms with Crippen LogP contribution in [0.5, 0.6) is 0 Å². The molecule has 0 radical (unpaired) electrons. The molecule has 1 aliphatic rings. The zero-order valence-corrected chi connectivity index (χ0v) is 12.1. The SMILES string of the molecule is CCN(CC)c1cc(N2CCC[C@H](C(=O)O)C2)ncn1. The van der Waals surface area contributed by atoms with Crippen LogP contribution in [0.25, 0.3) is 0 Å². The lowest BCUT2D eigenvalue weighted by atomic mass is 9.98. The number of hydrogen-bond donors (Lipinski definition) is 1.